The van der Waals surface area contributed by atoms with Gasteiger partial charge in [0.1, 0.15) is 5.75 Å². The Morgan fingerprint density at radius 2 is 1.72 bits per heavy atom. The van der Waals surface area contributed by atoms with Gasteiger partial charge in [-0.25, -0.2) is 0 Å². The highest BCUT2D eigenvalue weighted by molar-refractivity contribution is 14.1. The molecule has 0 saturated heterocycles. The number of nitrogens with two attached hydrogens (primary N) is 1. The Kier molecular flexibility index (Phi) is 8.39. The molecule has 0 fully saturated rings. The van der Waals surface area contributed by atoms with E-state index in [0.29, 0.717) is 0 Å². The summed E-state index contributed by atoms with van der Waals surface area (Å²) in [5, 5.41) is 19.8. The molecule has 1 aromatic carbocycles. The molecule has 0 aromatic heterocycles. The van der Waals surface area contributed by atoms with Crippen molar-refractivity contribution in [3.63, 3.8) is 0 Å². The van der Waals surface area contributed by atoms with Crippen molar-refractivity contribution >= 4 is 57.6 Å². The van der Waals surface area contributed by atoms with Gasteiger partial charge in [-0.15, -0.1) is 12.4 Å². The van der Waals surface area contributed by atoms with Crippen LogP contribution in [0.15, 0.2) is 12.1 Å². The molecule has 0 aliphatic carbocycles. The topological polar surface area (TPSA) is 66.5 Å². The number of phenolic OH excluding ortho intramolecular Hbond substituents is 1. The molecule has 0 heterocycles. The van der Waals surface area contributed by atoms with Gasteiger partial charge in [-0.1, -0.05) is 20.3 Å². The molecule has 0 saturated carbocycles. The van der Waals surface area contributed by atoms with Gasteiger partial charge in [0.15, 0.2) is 0 Å². The van der Waals surface area contributed by atoms with Crippen molar-refractivity contribution in [3.8, 4) is 5.75 Å². The fourth-order valence-electron chi connectivity index (χ4n) is 1.57. The lowest BCUT2D eigenvalue weighted by atomic mass is 9.92. The summed E-state index contributed by atoms with van der Waals surface area (Å²) in [6, 6.07) is 3.25. The van der Waals surface area contributed by atoms with E-state index in [1.54, 1.807) is 0 Å². The zero-order valence-corrected chi connectivity index (χ0v) is 15.4. The molecule has 1 rings (SSSR count). The first kappa shape index (κ1) is 18.7. The SMILES string of the molecule is CCC(C)[C@@H](O)[C@@H](N)c1cc(I)c(O)c(I)c1.Cl. The molecule has 3 atom stereocenters. The average Bonchev–Trinajstić information content (AvgIpc) is 2.32. The molecular weight excluding hydrogens is 479 g/mol. The van der Waals surface area contributed by atoms with Crippen molar-refractivity contribution < 1.29 is 10.2 Å². The van der Waals surface area contributed by atoms with Crippen LogP contribution >= 0.6 is 57.6 Å². The Morgan fingerprint density at radius 1 is 1.28 bits per heavy atom. The first-order valence-electron chi connectivity index (χ1n) is 5.50. The summed E-state index contributed by atoms with van der Waals surface area (Å²) in [6.45, 7) is 4.02. The minimum atomic E-state index is -0.559. The molecule has 0 aliphatic rings. The molecular formula is C12H18ClI2NO2. The van der Waals surface area contributed by atoms with E-state index in [1.165, 1.54) is 0 Å². The largest absolute Gasteiger partial charge is 0.506 e. The summed E-state index contributed by atoms with van der Waals surface area (Å²) in [7, 11) is 0. The number of aliphatic hydroxyl groups is 1. The maximum atomic E-state index is 10.1. The Balaban J connectivity index is 0.00000289. The van der Waals surface area contributed by atoms with E-state index in [2.05, 4.69) is 45.2 Å². The minimum absolute atomic E-state index is 0. The molecule has 1 aromatic rings. The molecule has 1 unspecified atom stereocenters. The number of benzene rings is 1. The van der Waals surface area contributed by atoms with Crippen LogP contribution < -0.4 is 5.73 Å². The Morgan fingerprint density at radius 3 is 2.11 bits per heavy atom. The smallest absolute Gasteiger partial charge is 0.142 e. The average molecular weight is 498 g/mol. The molecule has 0 spiro atoms. The summed E-state index contributed by atoms with van der Waals surface area (Å²) in [6.07, 6.45) is 0.331. The molecule has 0 amide bonds. The Hall–Kier alpha value is 0.690. The minimum Gasteiger partial charge on any atom is -0.506 e. The lowest BCUT2D eigenvalue weighted by Gasteiger charge is -2.24. The molecule has 0 aliphatic heterocycles. The zero-order chi connectivity index (χ0) is 13.2. The monoisotopic (exact) mass is 497 g/mol. The summed E-state index contributed by atoms with van der Waals surface area (Å²) in [5.41, 5.74) is 6.93. The quantitative estimate of drug-likeness (QED) is 0.559. The van der Waals surface area contributed by atoms with Crippen LogP contribution in [0.4, 0.5) is 0 Å². The van der Waals surface area contributed by atoms with Crippen LogP contribution in [0, 0.1) is 13.1 Å². The first-order chi connectivity index (χ1) is 7.88. The van der Waals surface area contributed by atoms with Crippen LogP contribution in [0.2, 0.25) is 0 Å². The maximum Gasteiger partial charge on any atom is 0.142 e. The third-order valence-corrected chi connectivity index (χ3v) is 4.66. The standard InChI is InChI=1S/C12H17I2NO2.ClH/c1-3-6(2)11(16)10(15)7-4-8(13)12(17)9(14)5-7;/h4-6,10-11,16-17H,3,15H2,1-2H3;1H/t6?,10-,11+;/m0./s1. The van der Waals surface area contributed by atoms with Gasteiger partial charge in [-0.3, -0.25) is 0 Å². The summed E-state index contributed by atoms with van der Waals surface area (Å²) in [4.78, 5) is 0. The lowest BCUT2D eigenvalue weighted by Crippen LogP contribution is -2.31. The van der Waals surface area contributed by atoms with Gasteiger partial charge in [0.2, 0.25) is 0 Å². The molecule has 3 nitrogen and oxygen atoms in total. The molecule has 6 heteroatoms. The van der Waals surface area contributed by atoms with Crippen molar-refractivity contribution in [2.24, 2.45) is 11.7 Å². The number of aromatic hydroxyl groups is 1. The van der Waals surface area contributed by atoms with Crippen molar-refractivity contribution in [3.05, 3.63) is 24.8 Å². The van der Waals surface area contributed by atoms with Gasteiger partial charge in [0.25, 0.3) is 0 Å². The number of rotatable bonds is 4. The second-order valence-electron chi connectivity index (χ2n) is 4.24. The molecule has 4 N–H and O–H groups in total. The van der Waals surface area contributed by atoms with Crippen LogP contribution in [-0.4, -0.2) is 16.3 Å². The van der Waals surface area contributed by atoms with E-state index < -0.39 is 12.1 Å². The van der Waals surface area contributed by atoms with Crippen molar-refractivity contribution in [1.29, 1.82) is 0 Å². The predicted molar refractivity (Wildman–Crippen MR) is 93.2 cm³/mol. The fraction of sp³-hybridized carbons (Fsp3) is 0.500. The lowest BCUT2D eigenvalue weighted by molar-refractivity contribution is 0.0879. The molecule has 104 valence electrons. The van der Waals surface area contributed by atoms with Crippen molar-refractivity contribution in [2.75, 3.05) is 0 Å². The maximum absolute atomic E-state index is 10.1. The number of hydrogen-bond donors (Lipinski definition) is 3. The van der Waals surface area contributed by atoms with Crippen LogP contribution in [-0.2, 0) is 0 Å². The van der Waals surface area contributed by atoms with Crippen molar-refractivity contribution in [1.82, 2.24) is 0 Å². The van der Waals surface area contributed by atoms with Gasteiger partial charge in [0.05, 0.1) is 19.3 Å². The van der Waals surface area contributed by atoms with Crippen LogP contribution in [0.1, 0.15) is 31.9 Å². The van der Waals surface area contributed by atoms with Crippen LogP contribution in [0.5, 0.6) is 5.75 Å². The summed E-state index contributed by atoms with van der Waals surface area (Å²) >= 11 is 4.13. The van der Waals surface area contributed by atoms with E-state index in [4.69, 9.17) is 5.73 Å². The zero-order valence-electron chi connectivity index (χ0n) is 10.2. The van der Waals surface area contributed by atoms with E-state index in [-0.39, 0.29) is 24.1 Å². The second kappa shape index (κ2) is 8.08. The van der Waals surface area contributed by atoms with E-state index in [1.807, 2.05) is 26.0 Å². The van der Waals surface area contributed by atoms with E-state index in [0.717, 1.165) is 19.1 Å². The van der Waals surface area contributed by atoms with Gasteiger partial charge >= 0.3 is 0 Å². The highest BCUT2D eigenvalue weighted by atomic mass is 127. The highest BCUT2D eigenvalue weighted by Gasteiger charge is 2.23. The van der Waals surface area contributed by atoms with Gasteiger partial charge in [-0.2, -0.15) is 0 Å². The molecule has 0 bridgehead atoms. The Bertz CT molecular complexity index is 381. The van der Waals surface area contributed by atoms with E-state index in [9.17, 15) is 10.2 Å². The Labute approximate surface area is 141 Å². The highest BCUT2D eigenvalue weighted by Crippen LogP contribution is 2.31. The summed E-state index contributed by atoms with van der Waals surface area (Å²) < 4.78 is 1.52. The number of aliphatic hydroxyl groups excluding tert-OH is 1. The third-order valence-electron chi connectivity index (χ3n) is 3.02. The van der Waals surface area contributed by atoms with Crippen LogP contribution in [0.3, 0.4) is 0 Å². The normalized spacial score (nSPS) is 15.7. The van der Waals surface area contributed by atoms with Crippen molar-refractivity contribution in [2.45, 2.75) is 32.4 Å². The predicted octanol–water partition coefficient (Wildman–Crippen LogP) is 3.43. The molecule has 18 heavy (non-hydrogen) atoms. The van der Waals surface area contributed by atoms with Gasteiger partial charge < -0.3 is 15.9 Å². The number of hydrogen-bond acceptors (Lipinski definition) is 3. The first-order valence-corrected chi connectivity index (χ1v) is 7.65. The number of phenols is 1. The molecule has 0 radical (unpaired) electrons. The second-order valence-corrected chi connectivity index (χ2v) is 6.56. The third kappa shape index (κ3) is 4.36. The number of halogens is 3. The van der Waals surface area contributed by atoms with E-state index >= 15 is 0 Å². The van der Waals surface area contributed by atoms with Gasteiger partial charge in [-0.05, 0) is 68.8 Å². The van der Waals surface area contributed by atoms with Gasteiger partial charge in [0, 0.05) is 0 Å². The summed E-state index contributed by atoms with van der Waals surface area (Å²) in [5.74, 6) is 0.439. The fourth-order valence-corrected chi connectivity index (χ4v) is 3.39. The van der Waals surface area contributed by atoms with Crippen LogP contribution in [0.25, 0.3) is 0 Å².